The first-order valence-corrected chi connectivity index (χ1v) is 7.64. The second-order valence-electron chi connectivity index (χ2n) is 7.11. The first kappa shape index (κ1) is 15.8. The van der Waals surface area contributed by atoms with Crippen molar-refractivity contribution in [1.82, 2.24) is 0 Å². The fourth-order valence-corrected chi connectivity index (χ4v) is 3.12. The number of carbonyl (C=O) groups excluding carboxylic acids is 1. The summed E-state index contributed by atoms with van der Waals surface area (Å²) in [6.45, 7) is 6.74. The standard InChI is InChI=1S/C17H25FN2O/c1-17(2,3)12-9-7-11(8-10-12)16(21)20-15-13(18)5-4-6-14(15)19/h4-6,11-12H,7-10,19H2,1-3H3,(H,20,21). The van der Waals surface area contributed by atoms with Gasteiger partial charge in [0.15, 0.2) is 0 Å². The van der Waals surface area contributed by atoms with Crippen molar-refractivity contribution in [1.29, 1.82) is 0 Å². The number of amides is 1. The van der Waals surface area contributed by atoms with E-state index in [2.05, 4.69) is 26.1 Å². The van der Waals surface area contributed by atoms with E-state index in [1.807, 2.05) is 0 Å². The van der Waals surface area contributed by atoms with E-state index >= 15 is 0 Å². The molecule has 0 atom stereocenters. The van der Waals surface area contributed by atoms with Crippen molar-refractivity contribution in [2.45, 2.75) is 46.5 Å². The average molecular weight is 292 g/mol. The Bertz CT molecular complexity index is 494. The predicted molar refractivity (Wildman–Crippen MR) is 84.3 cm³/mol. The number of carbonyl (C=O) groups is 1. The lowest BCUT2D eigenvalue weighted by Gasteiger charge is -2.36. The Balaban J connectivity index is 1.97. The Labute approximate surface area is 126 Å². The molecule has 1 saturated carbocycles. The van der Waals surface area contributed by atoms with Crippen LogP contribution in [0.25, 0.3) is 0 Å². The van der Waals surface area contributed by atoms with Crippen LogP contribution in [-0.2, 0) is 4.79 Å². The molecule has 21 heavy (non-hydrogen) atoms. The van der Waals surface area contributed by atoms with Gasteiger partial charge in [-0.15, -0.1) is 0 Å². The molecule has 1 aromatic rings. The van der Waals surface area contributed by atoms with Crippen LogP contribution < -0.4 is 11.1 Å². The van der Waals surface area contributed by atoms with Gasteiger partial charge in [0.25, 0.3) is 0 Å². The fraction of sp³-hybridized carbons (Fsp3) is 0.588. The number of nitrogen functional groups attached to an aromatic ring is 1. The van der Waals surface area contributed by atoms with E-state index in [1.54, 1.807) is 6.07 Å². The Morgan fingerprint density at radius 3 is 2.38 bits per heavy atom. The molecule has 0 bridgehead atoms. The van der Waals surface area contributed by atoms with Crippen LogP contribution in [0, 0.1) is 23.1 Å². The van der Waals surface area contributed by atoms with Gasteiger partial charge < -0.3 is 11.1 Å². The molecule has 4 heteroatoms. The fourth-order valence-electron chi connectivity index (χ4n) is 3.12. The topological polar surface area (TPSA) is 55.1 Å². The van der Waals surface area contributed by atoms with Crippen LogP contribution in [0.4, 0.5) is 15.8 Å². The third kappa shape index (κ3) is 3.74. The van der Waals surface area contributed by atoms with Gasteiger partial charge in [-0.2, -0.15) is 0 Å². The van der Waals surface area contributed by atoms with Crippen LogP contribution in [-0.4, -0.2) is 5.91 Å². The van der Waals surface area contributed by atoms with E-state index in [9.17, 15) is 9.18 Å². The van der Waals surface area contributed by atoms with E-state index in [0.29, 0.717) is 5.92 Å². The number of anilines is 2. The summed E-state index contributed by atoms with van der Waals surface area (Å²) in [7, 11) is 0. The summed E-state index contributed by atoms with van der Waals surface area (Å²) in [5, 5.41) is 2.66. The highest BCUT2D eigenvalue weighted by molar-refractivity contribution is 5.95. The molecule has 0 unspecified atom stereocenters. The smallest absolute Gasteiger partial charge is 0.227 e. The maximum absolute atomic E-state index is 13.7. The van der Waals surface area contributed by atoms with Crippen molar-refractivity contribution in [2.75, 3.05) is 11.1 Å². The average Bonchev–Trinajstić information content (AvgIpc) is 2.42. The maximum atomic E-state index is 13.7. The molecule has 0 heterocycles. The lowest BCUT2D eigenvalue weighted by Crippen LogP contribution is -2.31. The molecule has 2 rings (SSSR count). The minimum Gasteiger partial charge on any atom is -0.397 e. The Hall–Kier alpha value is -1.58. The summed E-state index contributed by atoms with van der Waals surface area (Å²) in [6, 6.07) is 4.44. The quantitative estimate of drug-likeness (QED) is 0.803. The molecular weight excluding hydrogens is 267 g/mol. The SMILES string of the molecule is CC(C)(C)C1CCC(C(=O)Nc2c(N)cccc2F)CC1. The number of para-hydroxylation sites is 1. The molecule has 1 fully saturated rings. The lowest BCUT2D eigenvalue weighted by molar-refractivity contribution is -0.121. The number of benzene rings is 1. The highest BCUT2D eigenvalue weighted by atomic mass is 19.1. The molecule has 1 amide bonds. The minimum absolute atomic E-state index is 0.0393. The van der Waals surface area contributed by atoms with E-state index in [4.69, 9.17) is 5.73 Å². The van der Waals surface area contributed by atoms with Gasteiger partial charge in [0, 0.05) is 5.92 Å². The van der Waals surface area contributed by atoms with Crippen molar-refractivity contribution >= 4 is 17.3 Å². The molecule has 1 aliphatic carbocycles. The van der Waals surface area contributed by atoms with E-state index < -0.39 is 5.82 Å². The summed E-state index contributed by atoms with van der Waals surface area (Å²) in [5.74, 6) is 0.0218. The minimum atomic E-state index is -0.480. The number of nitrogens with one attached hydrogen (secondary N) is 1. The molecule has 0 aromatic heterocycles. The van der Waals surface area contributed by atoms with Crippen LogP contribution in [0.2, 0.25) is 0 Å². The molecule has 3 nitrogen and oxygen atoms in total. The number of hydrogen-bond acceptors (Lipinski definition) is 2. The van der Waals surface area contributed by atoms with Gasteiger partial charge in [-0.1, -0.05) is 26.8 Å². The van der Waals surface area contributed by atoms with Crippen molar-refractivity contribution in [3.8, 4) is 0 Å². The molecule has 1 aliphatic rings. The molecule has 0 aliphatic heterocycles. The molecule has 0 saturated heterocycles. The largest absolute Gasteiger partial charge is 0.397 e. The van der Waals surface area contributed by atoms with E-state index in [-0.39, 0.29) is 28.6 Å². The monoisotopic (exact) mass is 292 g/mol. The van der Waals surface area contributed by atoms with Crippen LogP contribution in [0.15, 0.2) is 18.2 Å². The molecule has 3 N–H and O–H groups in total. The van der Waals surface area contributed by atoms with Crippen molar-refractivity contribution < 1.29 is 9.18 Å². The van der Waals surface area contributed by atoms with Gasteiger partial charge >= 0.3 is 0 Å². The first-order chi connectivity index (χ1) is 9.79. The van der Waals surface area contributed by atoms with Gasteiger partial charge in [0.2, 0.25) is 5.91 Å². The highest BCUT2D eigenvalue weighted by Gasteiger charge is 2.32. The van der Waals surface area contributed by atoms with Crippen molar-refractivity contribution in [2.24, 2.45) is 17.3 Å². The van der Waals surface area contributed by atoms with Gasteiger partial charge in [-0.05, 0) is 49.1 Å². The zero-order chi connectivity index (χ0) is 15.6. The normalized spacial score (nSPS) is 22.9. The van der Waals surface area contributed by atoms with E-state index in [1.165, 1.54) is 12.1 Å². The Morgan fingerprint density at radius 2 is 1.86 bits per heavy atom. The summed E-state index contributed by atoms with van der Waals surface area (Å²) < 4.78 is 13.7. The third-order valence-corrected chi connectivity index (χ3v) is 4.62. The van der Waals surface area contributed by atoms with Crippen LogP contribution in [0.3, 0.4) is 0 Å². The molecular formula is C17H25FN2O. The van der Waals surface area contributed by atoms with E-state index in [0.717, 1.165) is 25.7 Å². The predicted octanol–water partition coefficient (Wildman–Crippen LogP) is 4.20. The highest BCUT2D eigenvalue weighted by Crippen LogP contribution is 2.40. The molecule has 1 aromatic carbocycles. The summed E-state index contributed by atoms with van der Waals surface area (Å²) >= 11 is 0. The number of nitrogens with two attached hydrogens (primary N) is 1. The maximum Gasteiger partial charge on any atom is 0.227 e. The number of rotatable bonds is 2. The summed E-state index contributed by atoms with van der Waals surface area (Å²) in [6.07, 6.45) is 3.83. The second kappa shape index (κ2) is 6.04. The Morgan fingerprint density at radius 1 is 1.24 bits per heavy atom. The van der Waals surface area contributed by atoms with Crippen molar-refractivity contribution in [3.63, 3.8) is 0 Å². The summed E-state index contributed by atoms with van der Waals surface area (Å²) in [5.41, 5.74) is 6.39. The summed E-state index contributed by atoms with van der Waals surface area (Å²) in [4.78, 5) is 12.3. The molecule has 0 radical (unpaired) electrons. The lowest BCUT2D eigenvalue weighted by atomic mass is 9.69. The second-order valence-corrected chi connectivity index (χ2v) is 7.11. The molecule has 116 valence electrons. The van der Waals surface area contributed by atoms with Gasteiger partial charge in [-0.25, -0.2) is 4.39 Å². The zero-order valence-corrected chi connectivity index (χ0v) is 13.1. The number of halogens is 1. The van der Waals surface area contributed by atoms with Crippen LogP contribution in [0.5, 0.6) is 0 Å². The van der Waals surface area contributed by atoms with Gasteiger partial charge in [0.1, 0.15) is 11.5 Å². The van der Waals surface area contributed by atoms with Crippen LogP contribution in [0.1, 0.15) is 46.5 Å². The Kier molecular flexibility index (Phi) is 4.55. The van der Waals surface area contributed by atoms with Crippen molar-refractivity contribution in [3.05, 3.63) is 24.0 Å². The number of hydrogen-bond donors (Lipinski definition) is 2. The molecule has 0 spiro atoms. The van der Waals surface area contributed by atoms with Gasteiger partial charge in [-0.3, -0.25) is 4.79 Å². The van der Waals surface area contributed by atoms with Gasteiger partial charge in [0.05, 0.1) is 5.69 Å². The zero-order valence-electron chi connectivity index (χ0n) is 13.1. The third-order valence-electron chi connectivity index (χ3n) is 4.62. The van der Waals surface area contributed by atoms with Crippen LogP contribution >= 0.6 is 0 Å². The first-order valence-electron chi connectivity index (χ1n) is 7.64.